The average Bonchev–Trinajstić information content (AvgIpc) is 2.17. The van der Waals surface area contributed by atoms with E-state index in [0.29, 0.717) is 0 Å². The predicted octanol–water partition coefficient (Wildman–Crippen LogP) is 2.80. The van der Waals surface area contributed by atoms with Crippen molar-refractivity contribution in [3.63, 3.8) is 0 Å². The van der Waals surface area contributed by atoms with Crippen molar-refractivity contribution >= 4 is 5.69 Å². The molecule has 0 aliphatic heterocycles. The maximum Gasteiger partial charge on any atom is 0.367 e. The van der Waals surface area contributed by atoms with E-state index in [1.807, 2.05) is 0 Å². The summed E-state index contributed by atoms with van der Waals surface area (Å²) in [7, 11) is 0. The molecule has 0 spiro atoms. The van der Waals surface area contributed by atoms with Crippen molar-refractivity contribution in [1.82, 2.24) is 0 Å². The molecule has 0 radical (unpaired) electrons. The third-order valence-corrected chi connectivity index (χ3v) is 1.32. The van der Waals surface area contributed by atoms with Crippen LogP contribution in [0.25, 0.3) is 0 Å². The lowest BCUT2D eigenvalue weighted by molar-refractivity contribution is -0.266. The quantitative estimate of drug-likeness (QED) is 0.568. The standard InChI is InChI=1S/C8H7F4NO2/c9-7(10)14-13(15-8(11)12)6-4-2-1-3-5-6/h1-5,7-8H. The van der Waals surface area contributed by atoms with E-state index in [1.54, 1.807) is 6.07 Å². The third-order valence-electron chi connectivity index (χ3n) is 1.32. The van der Waals surface area contributed by atoms with Gasteiger partial charge >= 0.3 is 13.2 Å². The maximum absolute atomic E-state index is 11.8. The zero-order valence-corrected chi connectivity index (χ0v) is 7.32. The van der Waals surface area contributed by atoms with Crippen molar-refractivity contribution in [3.05, 3.63) is 30.3 Å². The van der Waals surface area contributed by atoms with Crippen LogP contribution in [0.5, 0.6) is 0 Å². The molecule has 0 heterocycles. The Morgan fingerprint density at radius 3 is 1.73 bits per heavy atom. The van der Waals surface area contributed by atoms with Crippen LogP contribution in [0.3, 0.4) is 0 Å². The fourth-order valence-electron chi connectivity index (χ4n) is 0.841. The van der Waals surface area contributed by atoms with Gasteiger partial charge in [0, 0.05) is 0 Å². The van der Waals surface area contributed by atoms with Crippen LogP contribution < -0.4 is 5.23 Å². The lowest BCUT2D eigenvalue weighted by Gasteiger charge is -2.20. The van der Waals surface area contributed by atoms with E-state index in [0.717, 1.165) is 0 Å². The molecule has 15 heavy (non-hydrogen) atoms. The Labute approximate surface area is 82.7 Å². The number of rotatable bonds is 5. The van der Waals surface area contributed by atoms with E-state index < -0.39 is 13.2 Å². The van der Waals surface area contributed by atoms with Gasteiger partial charge in [-0.1, -0.05) is 18.2 Å². The largest absolute Gasteiger partial charge is 0.367 e. The fourth-order valence-corrected chi connectivity index (χ4v) is 0.841. The van der Waals surface area contributed by atoms with E-state index in [-0.39, 0.29) is 10.9 Å². The summed E-state index contributed by atoms with van der Waals surface area (Å²) in [6, 6.07) is 7.08. The molecule has 0 saturated carbocycles. The van der Waals surface area contributed by atoms with Crippen molar-refractivity contribution in [2.24, 2.45) is 0 Å². The minimum absolute atomic E-state index is 0.0185. The maximum atomic E-state index is 11.8. The Balaban J connectivity index is 2.72. The zero-order chi connectivity index (χ0) is 11.3. The molecule has 0 atom stereocenters. The zero-order valence-electron chi connectivity index (χ0n) is 7.32. The molecule has 1 aromatic carbocycles. The molecule has 1 aromatic rings. The Hall–Kier alpha value is -1.34. The molecule has 0 amide bonds. The number of halogens is 4. The van der Waals surface area contributed by atoms with Crippen molar-refractivity contribution in [2.45, 2.75) is 13.2 Å². The Morgan fingerprint density at radius 2 is 1.33 bits per heavy atom. The van der Waals surface area contributed by atoms with Crippen LogP contribution in [0.15, 0.2) is 30.3 Å². The Bertz CT molecular complexity index is 273. The first-order valence-corrected chi connectivity index (χ1v) is 3.84. The van der Waals surface area contributed by atoms with Crippen molar-refractivity contribution in [3.8, 4) is 0 Å². The average molecular weight is 225 g/mol. The second kappa shape index (κ2) is 5.52. The molecule has 84 valence electrons. The molecular formula is C8H7F4NO2. The minimum atomic E-state index is -3.25. The van der Waals surface area contributed by atoms with E-state index in [2.05, 4.69) is 9.68 Å². The second-order valence-corrected chi connectivity index (χ2v) is 2.32. The number of benzene rings is 1. The van der Waals surface area contributed by atoms with Crippen LogP contribution in [0.2, 0.25) is 0 Å². The summed E-state index contributed by atoms with van der Waals surface area (Å²) >= 11 is 0. The topological polar surface area (TPSA) is 21.7 Å². The van der Waals surface area contributed by atoms with Gasteiger partial charge in [-0.2, -0.15) is 27.2 Å². The molecule has 0 N–H and O–H groups in total. The molecule has 0 saturated heterocycles. The van der Waals surface area contributed by atoms with Crippen LogP contribution in [0, 0.1) is 0 Å². The van der Waals surface area contributed by atoms with Crippen molar-refractivity contribution in [2.75, 3.05) is 5.23 Å². The number of nitrogens with zero attached hydrogens (tertiary/aromatic N) is 1. The normalized spacial score (nSPS) is 11.1. The highest BCUT2D eigenvalue weighted by Gasteiger charge is 2.18. The summed E-state index contributed by atoms with van der Waals surface area (Å²) < 4.78 is 47.3. The summed E-state index contributed by atoms with van der Waals surface area (Å²) in [5, 5.41) is -0.0185. The molecule has 7 heteroatoms. The molecule has 0 unspecified atom stereocenters. The monoisotopic (exact) mass is 225 g/mol. The van der Waals surface area contributed by atoms with Crippen molar-refractivity contribution in [1.29, 1.82) is 0 Å². The van der Waals surface area contributed by atoms with Crippen LogP contribution in [-0.2, 0) is 9.68 Å². The van der Waals surface area contributed by atoms with E-state index >= 15 is 0 Å². The minimum Gasteiger partial charge on any atom is -0.178 e. The van der Waals surface area contributed by atoms with Gasteiger partial charge in [0.15, 0.2) is 0 Å². The second-order valence-electron chi connectivity index (χ2n) is 2.32. The first kappa shape index (κ1) is 11.7. The highest BCUT2D eigenvalue weighted by atomic mass is 19.3. The molecule has 0 fully saturated rings. The highest BCUT2D eigenvalue weighted by Crippen LogP contribution is 2.18. The van der Waals surface area contributed by atoms with Crippen LogP contribution >= 0.6 is 0 Å². The fraction of sp³-hybridized carbons (Fsp3) is 0.250. The lowest BCUT2D eigenvalue weighted by Crippen LogP contribution is -2.28. The lowest BCUT2D eigenvalue weighted by atomic mass is 10.3. The van der Waals surface area contributed by atoms with Gasteiger partial charge < -0.3 is 0 Å². The predicted molar refractivity (Wildman–Crippen MR) is 43.1 cm³/mol. The van der Waals surface area contributed by atoms with Gasteiger partial charge in [-0.15, -0.1) is 5.23 Å². The molecule has 1 rings (SSSR count). The molecule has 0 aliphatic carbocycles. The number of anilines is 1. The van der Waals surface area contributed by atoms with E-state index in [9.17, 15) is 17.6 Å². The summed E-state index contributed by atoms with van der Waals surface area (Å²) in [4.78, 5) is 7.49. The molecule has 0 aromatic heterocycles. The summed E-state index contributed by atoms with van der Waals surface area (Å²) in [6.07, 6.45) is 0. The van der Waals surface area contributed by atoms with Gasteiger partial charge in [-0.05, 0) is 12.1 Å². The van der Waals surface area contributed by atoms with Gasteiger partial charge in [-0.25, -0.2) is 0 Å². The summed E-state index contributed by atoms with van der Waals surface area (Å²) in [5.74, 6) is 0. The SMILES string of the molecule is FC(F)ON(OC(F)F)c1ccccc1. The first-order valence-electron chi connectivity index (χ1n) is 3.84. The van der Waals surface area contributed by atoms with Gasteiger partial charge in [0.05, 0.1) is 5.69 Å². The number of para-hydroxylation sites is 1. The van der Waals surface area contributed by atoms with Gasteiger partial charge in [0.2, 0.25) is 0 Å². The molecular weight excluding hydrogens is 218 g/mol. The van der Waals surface area contributed by atoms with Crippen LogP contribution in [-0.4, -0.2) is 13.2 Å². The van der Waals surface area contributed by atoms with Crippen LogP contribution in [0.4, 0.5) is 23.2 Å². The Morgan fingerprint density at radius 1 is 0.867 bits per heavy atom. The smallest absolute Gasteiger partial charge is 0.178 e. The Kier molecular flexibility index (Phi) is 4.32. The van der Waals surface area contributed by atoms with Crippen LogP contribution in [0.1, 0.15) is 0 Å². The summed E-state index contributed by atoms with van der Waals surface area (Å²) in [5.41, 5.74) is -0.0573. The van der Waals surface area contributed by atoms with E-state index in [4.69, 9.17) is 0 Å². The van der Waals surface area contributed by atoms with Crippen molar-refractivity contribution < 1.29 is 27.2 Å². The van der Waals surface area contributed by atoms with E-state index in [1.165, 1.54) is 24.3 Å². The highest BCUT2D eigenvalue weighted by molar-refractivity contribution is 5.40. The van der Waals surface area contributed by atoms with Gasteiger partial charge in [0.1, 0.15) is 0 Å². The number of hydrogen-bond acceptors (Lipinski definition) is 3. The molecule has 0 bridgehead atoms. The number of alkyl halides is 4. The number of hydrogen-bond donors (Lipinski definition) is 0. The van der Waals surface area contributed by atoms with Gasteiger partial charge in [-0.3, -0.25) is 0 Å². The van der Waals surface area contributed by atoms with Gasteiger partial charge in [0.25, 0.3) is 0 Å². The molecule has 3 nitrogen and oxygen atoms in total. The molecule has 0 aliphatic rings. The first-order chi connectivity index (χ1) is 7.09. The summed E-state index contributed by atoms with van der Waals surface area (Å²) in [6.45, 7) is -6.49. The third kappa shape index (κ3) is 4.13.